The zero-order valence-corrected chi connectivity index (χ0v) is 14.0. The first-order valence-corrected chi connectivity index (χ1v) is 8.93. The van der Waals surface area contributed by atoms with E-state index in [1.165, 1.54) is 28.8 Å². The number of thiophene rings is 1. The third-order valence-electron chi connectivity index (χ3n) is 4.69. The van der Waals surface area contributed by atoms with Crippen LogP contribution in [-0.4, -0.2) is 0 Å². The van der Waals surface area contributed by atoms with E-state index in [0.29, 0.717) is 23.9 Å². The van der Waals surface area contributed by atoms with Crippen LogP contribution in [0.1, 0.15) is 67.6 Å². The Morgan fingerprint density at radius 2 is 1.81 bits per heavy atom. The van der Waals surface area contributed by atoms with Crippen LogP contribution in [0.5, 0.6) is 0 Å². The Morgan fingerprint density at radius 3 is 2.48 bits per heavy atom. The van der Waals surface area contributed by atoms with E-state index in [-0.39, 0.29) is 0 Å². The first-order valence-electron chi connectivity index (χ1n) is 8.05. The SMILES string of the molecule is CC1CCC(NC(c2cccs2)C(C)C)c2ccccc21. The maximum atomic E-state index is 3.94. The summed E-state index contributed by atoms with van der Waals surface area (Å²) in [4.78, 5) is 1.46. The molecule has 1 aliphatic rings. The lowest BCUT2D eigenvalue weighted by molar-refractivity contribution is 0.334. The van der Waals surface area contributed by atoms with Gasteiger partial charge in [-0.05, 0) is 47.3 Å². The van der Waals surface area contributed by atoms with Crippen molar-refractivity contribution in [1.82, 2.24) is 5.32 Å². The molecule has 0 amide bonds. The molecule has 0 saturated carbocycles. The first-order chi connectivity index (χ1) is 10.2. The molecule has 3 unspecified atom stereocenters. The van der Waals surface area contributed by atoms with Crippen LogP contribution in [0.15, 0.2) is 41.8 Å². The summed E-state index contributed by atoms with van der Waals surface area (Å²) in [6.45, 7) is 6.98. The minimum Gasteiger partial charge on any atom is -0.302 e. The van der Waals surface area contributed by atoms with Gasteiger partial charge in [-0.3, -0.25) is 0 Å². The minimum absolute atomic E-state index is 0.455. The second-order valence-electron chi connectivity index (χ2n) is 6.56. The van der Waals surface area contributed by atoms with Crippen molar-refractivity contribution in [1.29, 1.82) is 0 Å². The summed E-state index contributed by atoms with van der Waals surface area (Å²) >= 11 is 1.87. The quantitative estimate of drug-likeness (QED) is 0.766. The Balaban J connectivity index is 1.86. The maximum Gasteiger partial charge on any atom is 0.0442 e. The molecule has 2 aromatic rings. The van der Waals surface area contributed by atoms with Crippen LogP contribution in [0.3, 0.4) is 0 Å². The lowest BCUT2D eigenvalue weighted by Gasteiger charge is -2.34. The molecule has 0 saturated heterocycles. The van der Waals surface area contributed by atoms with Gasteiger partial charge in [0, 0.05) is 17.0 Å². The molecule has 3 rings (SSSR count). The van der Waals surface area contributed by atoms with Crippen molar-refractivity contribution in [3.05, 3.63) is 57.8 Å². The molecular weight excluding hydrogens is 274 g/mol. The van der Waals surface area contributed by atoms with E-state index in [2.05, 4.69) is 67.9 Å². The van der Waals surface area contributed by atoms with Crippen LogP contribution in [0.4, 0.5) is 0 Å². The normalized spacial score (nSPS) is 23.0. The first kappa shape index (κ1) is 14.8. The number of hydrogen-bond donors (Lipinski definition) is 1. The highest BCUT2D eigenvalue weighted by molar-refractivity contribution is 7.10. The van der Waals surface area contributed by atoms with Gasteiger partial charge in [0.1, 0.15) is 0 Å². The van der Waals surface area contributed by atoms with Crippen LogP contribution in [0, 0.1) is 5.92 Å². The van der Waals surface area contributed by atoms with Gasteiger partial charge in [0.05, 0.1) is 0 Å². The van der Waals surface area contributed by atoms with Gasteiger partial charge in [0.2, 0.25) is 0 Å². The lowest BCUT2D eigenvalue weighted by atomic mass is 9.80. The van der Waals surface area contributed by atoms with E-state index >= 15 is 0 Å². The van der Waals surface area contributed by atoms with Crippen molar-refractivity contribution >= 4 is 11.3 Å². The number of benzene rings is 1. The van der Waals surface area contributed by atoms with Gasteiger partial charge in [-0.1, -0.05) is 51.1 Å². The van der Waals surface area contributed by atoms with E-state index < -0.39 is 0 Å². The highest BCUT2D eigenvalue weighted by atomic mass is 32.1. The summed E-state index contributed by atoms with van der Waals surface area (Å²) in [5, 5.41) is 6.13. The number of fused-ring (bicyclic) bond motifs is 1. The van der Waals surface area contributed by atoms with Crippen molar-refractivity contribution in [2.24, 2.45) is 5.92 Å². The molecule has 0 bridgehead atoms. The second kappa shape index (κ2) is 6.33. The summed E-state index contributed by atoms with van der Waals surface area (Å²) in [6, 6.07) is 14.4. The minimum atomic E-state index is 0.455. The summed E-state index contributed by atoms with van der Waals surface area (Å²) in [7, 11) is 0. The molecule has 1 aromatic carbocycles. The van der Waals surface area contributed by atoms with Gasteiger partial charge in [-0.25, -0.2) is 0 Å². The fourth-order valence-electron chi connectivity index (χ4n) is 3.47. The molecule has 21 heavy (non-hydrogen) atoms. The number of nitrogens with one attached hydrogen (secondary N) is 1. The van der Waals surface area contributed by atoms with Crippen LogP contribution in [0.25, 0.3) is 0 Å². The molecular formula is C19H25NS. The van der Waals surface area contributed by atoms with Crippen molar-refractivity contribution in [2.75, 3.05) is 0 Å². The molecule has 0 fully saturated rings. The van der Waals surface area contributed by atoms with Crippen LogP contribution in [0.2, 0.25) is 0 Å². The second-order valence-corrected chi connectivity index (χ2v) is 7.54. The van der Waals surface area contributed by atoms with E-state index in [4.69, 9.17) is 0 Å². The molecule has 1 nitrogen and oxygen atoms in total. The van der Waals surface area contributed by atoms with E-state index in [9.17, 15) is 0 Å². The molecule has 112 valence electrons. The molecule has 1 heterocycles. The Bertz CT molecular complexity index is 573. The molecule has 3 atom stereocenters. The predicted molar refractivity (Wildman–Crippen MR) is 91.9 cm³/mol. The summed E-state index contributed by atoms with van der Waals surface area (Å²) < 4.78 is 0. The average Bonchev–Trinajstić information content (AvgIpc) is 3.00. The zero-order valence-electron chi connectivity index (χ0n) is 13.2. The van der Waals surface area contributed by atoms with Crippen LogP contribution >= 0.6 is 11.3 Å². The highest BCUT2D eigenvalue weighted by Crippen LogP contribution is 2.39. The Hall–Kier alpha value is -1.12. The van der Waals surface area contributed by atoms with Crippen molar-refractivity contribution in [2.45, 2.75) is 51.6 Å². The largest absolute Gasteiger partial charge is 0.302 e. The van der Waals surface area contributed by atoms with E-state index in [0.717, 1.165) is 0 Å². The summed E-state index contributed by atoms with van der Waals surface area (Å²) in [5.74, 6) is 1.30. The summed E-state index contributed by atoms with van der Waals surface area (Å²) in [6.07, 6.45) is 2.52. The monoisotopic (exact) mass is 299 g/mol. The third kappa shape index (κ3) is 3.07. The molecule has 1 N–H and O–H groups in total. The van der Waals surface area contributed by atoms with Crippen molar-refractivity contribution < 1.29 is 0 Å². The van der Waals surface area contributed by atoms with Crippen LogP contribution < -0.4 is 5.32 Å². The van der Waals surface area contributed by atoms with Gasteiger partial charge in [0.25, 0.3) is 0 Å². The molecule has 1 aliphatic carbocycles. The van der Waals surface area contributed by atoms with Crippen LogP contribution in [-0.2, 0) is 0 Å². The smallest absolute Gasteiger partial charge is 0.0442 e. The van der Waals surface area contributed by atoms with Gasteiger partial charge in [0.15, 0.2) is 0 Å². The fourth-order valence-corrected chi connectivity index (χ4v) is 4.42. The number of rotatable bonds is 4. The fraction of sp³-hybridized carbons (Fsp3) is 0.474. The van der Waals surface area contributed by atoms with Gasteiger partial charge >= 0.3 is 0 Å². The highest BCUT2D eigenvalue weighted by Gasteiger charge is 2.27. The average molecular weight is 299 g/mol. The van der Waals surface area contributed by atoms with E-state index in [1.54, 1.807) is 0 Å². The Kier molecular flexibility index (Phi) is 4.46. The Morgan fingerprint density at radius 1 is 1.05 bits per heavy atom. The topological polar surface area (TPSA) is 12.0 Å². The van der Waals surface area contributed by atoms with Gasteiger partial charge in [-0.2, -0.15) is 0 Å². The third-order valence-corrected chi connectivity index (χ3v) is 5.64. The molecule has 0 spiro atoms. The molecule has 0 radical (unpaired) electrons. The Labute approximate surface area is 132 Å². The number of hydrogen-bond acceptors (Lipinski definition) is 2. The van der Waals surface area contributed by atoms with E-state index in [1.807, 2.05) is 11.3 Å². The standard InChI is InChI=1S/C19H25NS/c1-13(2)19(18-9-6-12-21-18)20-17-11-10-14(3)15-7-4-5-8-16(15)17/h4-9,12-14,17,19-20H,10-11H2,1-3H3. The van der Waals surface area contributed by atoms with Crippen molar-refractivity contribution in [3.8, 4) is 0 Å². The van der Waals surface area contributed by atoms with Crippen molar-refractivity contribution in [3.63, 3.8) is 0 Å². The molecule has 2 heteroatoms. The summed E-state index contributed by atoms with van der Waals surface area (Å²) in [5.41, 5.74) is 3.05. The maximum absolute atomic E-state index is 3.94. The lowest BCUT2D eigenvalue weighted by Crippen LogP contribution is -2.32. The predicted octanol–water partition coefficient (Wildman–Crippen LogP) is 5.67. The van der Waals surface area contributed by atoms with Gasteiger partial charge < -0.3 is 5.32 Å². The van der Waals surface area contributed by atoms with Gasteiger partial charge in [-0.15, -0.1) is 11.3 Å². The zero-order chi connectivity index (χ0) is 14.8. The molecule has 1 aromatic heterocycles. The molecule has 0 aliphatic heterocycles.